The molecule has 1 aromatic heterocycles. The van der Waals surface area contributed by atoms with E-state index < -0.39 is 0 Å². The van der Waals surface area contributed by atoms with E-state index in [9.17, 15) is 5.11 Å². The van der Waals surface area contributed by atoms with E-state index in [1.165, 1.54) is 5.56 Å². The average molecular weight is 321 g/mol. The fourth-order valence-electron chi connectivity index (χ4n) is 2.79. The quantitative estimate of drug-likeness (QED) is 0.692. The second kappa shape index (κ2) is 8.31. The van der Waals surface area contributed by atoms with Crippen LogP contribution in [0.25, 0.3) is 0 Å². The Kier molecular flexibility index (Phi) is 5.64. The van der Waals surface area contributed by atoms with Crippen LogP contribution in [0.15, 0.2) is 73.1 Å². The second-order valence-electron chi connectivity index (χ2n) is 5.79. The Hall–Kier alpha value is -2.59. The maximum absolute atomic E-state index is 9.19. The zero-order valence-electron chi connectivity index (χ0n) is 13.8. The molecule has 4 heteroatoms. The van der Waals surface area contributed by atoms with Crippen LogP contribution in [-0.4, -0.2) is 27.8 Å². The van der Waals surface area contributed by atoms with E-state index in [4.69, 9.17) is 0 Å². The van der Waals surface area contributed by atoms with Crippen LogP contribution in [0.3, 0.4) is 0 Å². The highest BCUT2D eigenvalue weighted by atomic mass is 16.3. The minimum atomic E-state index is 0.196. The molecule has 0 fully saturated rings. The number of hydrogen-bond acceptors (Lipinski definition) is 3. The monoisotopic (exact) mass is 321 g/mol. The molecule has 24 heavy (non-hydrogen) atoms. The van der Waals surface area contributed by atoms with Crippen molar-refractivity contribution in [3.63, 3.8) is 0 Å². The highest BCUT2D eigenvalue weighted by molar-refractivity contribution is 5.46. The maximum atomic E-state index is 9.19. The molecule has 0 aliphatic rings. The maximum Gasteiger partial charge on any atom is 0.128 e. The summed E-state index contributed by atoms with van der Waals surface area (Å²) in [5.74, 6) is 1.03. The number of rotatable bonds is 8. The van der Waals surface area contributed by atoms with Crippen LogP contribution in [0.4, 0.5) is 5.69 Å². The van der Waals surface area contributed by atoms with Crippen molar-refractivity contribution in [1.82, 2.24) is 9.55 Å². The Labute approximate surface area is 143 Å². The predicted molar refractivity (Wildman–Crippen MR) is 97.0 cm³/mol. The molecule has 1 N–H and O–H groups in total. The Balaban J connectivity index is 1.76. The minimum Gasteiger partial charge on any atom is -0.396 e. The Morgan fingerprint density at radius 1 is 0.958 bits per heavy atom. The van der Waals surface area contributed by atoms with Gasteiger partial charge in [-0.25, -0.2) is 4.98 Å². The molecule has 2 aromatic carbocycles. The molecular formula is C20H23N3O. The van der Waals surface area contributed by atoms with Crippen molar-refractivity contribution in [2.24, 2.45) is 0 Å². The third-order valence-electron chi connectivity index (χ3n) is 4.04. The summed E-state index contributed by atoms with van der Waals surface area (Å²) >= 11 is 0. The van der Waals surface area contributed by atoms with Gasteiger partial charge >= 0.3 is 0 Å². The van der Waals surface area contributed by atoms with E-state index in [0.717, 1.165) is 37.6 Å². The minimum absolute atomic E-state index is 0.196. The summed E-state index contributed by atoms with van der Waals surface area (Å²) in [5.41, 5.74) is 2.42. The van der Waals surface area contributed by atoms with E-state index in [1.54, 1.807) is 0 Å². The molecule has 0 bridgehead atoms. The van der Waals surface area contributed by atoms with Crippen LogP contribution in [0, 0.1) is 0 Å². The number of nitrogens with zero attached hydrogens (tertiary/aromatic N) is 3. The van der Waals surface area contributed by atoms with Crippen molar-refractivity contribution < 1.29 is 5.11 Å². The van der Waals surface area contributed by atoms with Crippen molar-refractivity contribution in [3.8, 4) is 0 Å². The van der Waals surface area contributed by atoms with Gasteiger partial charge in [-0.05, 0) is 24.1 Å². The molecule has 0 spiro atoms. The number of aliphatic hydroxyl groups is 1. The zero-order valence-corrected chi connectivity index (χ0v) is 13.8. The van der Waals surface area contributed by atoms with Crippen LogP contribution in [0.5, 0.6) is 0 Å². The second-order valence-corrected chi connectivity index (χ2v) is 5.79. The lowest BCUT2D eigenvalue weighted by atomic mass is 10.2. The number of imidazole rings is 1. The van der Waals surface area contributed by atoms with Crippen molar-refractivity contribution in [2.75, 3.05) is 18.1 Å². The van der Waals surface area contributed by atoms with Crippen molar-refractivity contribution >= 4 is 5.69 Å². The third kappa shape index (κ3) is 4.24. The summed E-state index contributed by atoms with van der Waals surface area (Å²) in [6, 6.07) is 20.7. The molecule has 3 aromatic rings. The lowest BCUT2D eigenvalue weighted by molar-refractivity contribution is 0.289. The first-order valence-electron chi connectivity index (χ1n) is 8.31. The van der Waals surface area contributed by atoms with E-state index in [1.807, 2.05) is 36.7 Å². The standard InChI is InChI=1S/C20H23N3O/c24-15-7-13-22(19-10-5-2-6-11-19)17-20-21-12-14-23(20)16-18-8-3-1-4-9-18/h1-6,8-12,14,24H,7,13,15-17H2. The summed E-state index contributed by atoms with van der Waals surface area (Å²) in [6.07, 6.45) is 4.62. The molecule has 0 radical (unpaired) electrons. The lowest BCUT2D eigenvalue weighted by Gasteiger charge is -2.24. The summed E-state index contributed by atoms with van der Waals surface area (Å²) in [4.78, 5) is 6.81. The molecule has 0 unspecified atom stereocenters. The van der Waals surface area contributed by atoms with Crippen molar-refractivity contribution in [2.45, 2.75) is 19.5 Å². The van der Waals surface area contributed by atoms with Gasteiger partial charge in [-0.15, -0.1) is 0 Å². The summed E-state index contributed by atoms with van der Waals surface area (Å²) < 4.78 is 2.18. The SMILES string of the molecule is OCCCN(Cc1nccn1Cc1ccccc1)c1ccccc1. The molecule has 3 rings (SSSR count). The van der Waals surface area contributed by atoms with Crippen LogP contribution in [0.1, 0.15) is 17.8 Å². The fourth-order valence-corrected chi connectivity index (χ4v) is 2.79. The van der Waals surface area contributed by atoms with Gasteiger partial charge in [0, 0.05) is 37.8 Å². The number of para-hydroxylation sites is 1. The van der Waals surface area contributed by atoms with Crippen LogP contribution in [0.2, 0.25) is 0 Å². The summed E-state index contributed by atoms with van der Waals surface area (Å²) in [7, 11) is 0. The first kappa shape index (κ1) is 16.3. The molecule has 0 saturated carbocycles. The Bertz CT molecular complexity index is 725. The smallest absolute Gasteiger partial charge is 0.128 e. The van der Waals surface area contributed by atoms with Gasteiger partial charge in [0.1, 0.15) is 5.82 Å². The summed E-state index contributed by atoms with van der Waals surface area (Å²) in [6.45, 7) is 2.54. The van der Waals surface area contributed by atoms with Gasteiger partial charge in [0.05, 0.1) is 6.54 Å². The fraction of sp³-hybridized carbons (Fsp3) is 0.250. The van der Waals surface area contributed by atoms with Gasteiger partial charge in [0.2, 0.25) is 0 Å². The van der Waals surface area contributed by atoms with Crippen molar-refractivity contribution in [1.29, 1.82) is 0 Å². The first-order valence-corrected chi connectivity index (χ1v) is 8.31. The molecule has 0 saturated heterocycles. The molecular weight excluding hydrogens is 298 g/mol. The summed E-state index contributed by atoms with van der Waals surface area (Å²) in [5, 5.41) is 9.19. The molecule has 1 heterocycles. The van der Waals surface area contributed by atoms with Crippen LogP contribution in [-0.2, 0) is 13.1 Å². The molecule has 4 nitrogen and oxygen atoms in total. The van der Waals surface area contributed by atoms with Crippen molar-refractivity contribution in [3.05, 3.63) is 84.4 Å². The number of aliphatic hydroxyl groups excluding tert-OH is 1. The average Bonchev–Trinajstić information content (AvgIpc) is 3.07. The first-order chi connectivity index (χ1) is 11.9. The van der Waals surface area contributed by atoms with E-state index in [0.29, 0.717) is 0 Å². The Morgan fingerprint density at radius 3 is 2.38 bits per heavy atom. The van der Waals surface area contributed by atoms with Gasteiger partial charge < -0.3 is 14.6 Å². The van der Waals surface area contributed by atoms with Gasteiger partial charge in [-0.2, -0.15) is 0 Å². The molecule has 0 atom stereocenters. The zero-order chi connectivity index (χ0) is 16.6. The van der Waals surface area contributed by atoms with Gasteiger partial charge in [0.15, 0.2) is 0 Å². The molecule has 0 amide bonds. The number of hydrogen-bond donors (Lipinski definition) is 1. The lowest BCUT2D eigenvalue weighted by Crippen LogP contribution is -2.26. The number of aromatic nitrogens is 2. The van der Waals surface area contributed by atoms with Gasteiger partial charge in [0.25, 0.3) is 0 Å². The highest BCUT2D eigenvalue weighted by Crippen LogP contribution is 2.17. The normalized spacial score (nSPS) is 10.7. The van der Waals surface area contributed by atoms with E-state index in [-0.39, 0.29) is 6.61 Å². The molecule has 0 aliphatic heterocycles. The molecule has 0 aliphatic carbocycles. The van der Waals surface area contributed by atoms with E-state index in [2.05, 4.69) is 50.8 Å². The predicted octanol–water partition coefficient (Wildman–Crippen LogP) is 3.32. The molecule has 124 valence electrons. The topological polar surface area (TPSA) is 41.3 Å². The Morgan fingerprint density at radius 2 is 1.67 bits per heavy atom. The van der Waals surface area contributed by atoms with Gasteiger partial charge in [-0.3, -0.25) is 0 Å². The highest BCUT2D eigenvalue weighted by Gasteiger charge is 2.11. The number of anilines is 1. The van der Waals surface area contributed by atoms with Crippen LogP contribution >= 0.6 is 0 Å². The number of benzene rings is 2. The van der Waals surface area contributed by atoms with Gasteiger partial charge in [-0.1, -0.05) is 48.5 Å². The third-order valence-corrected chi connectivity index (χ3v) is 4.04. The van der Waals surface area contributed by atoms with E-state index >= 15 is 0 Å². The van der Waals surface area contributed by atoms with Crippen LogP contribution < -0.4 is 4.90 Å². The largest absolute Gasteiger partial charge is 0.396 e.